The van der Waals surface area contributed by atoms with Crippen molar-refractivity contribution in [2.75, 3.05) is 13.2 Å². The van der Waals surface area contributed by atoms with Crippen LogP contribution in [0.25, 0.3) is 0 Å². The van der Waals surface area contributed by atoms with Crippen molar-refractivity contribution in [1.29, 1.82) is 0 Å². The SMILES string of the molecule is CCCCCCCCCCCOC(=O)c1ccc(C(=O)OCC2CCCCC2)cc1. The van der Waals surface area contributed by atoms with Crippen LogP contribution >= 0.6 is 0 Å². The van der Waals surface area contributed by atoms with Crippen molar-refractivity contribution in [3.63, 3.8) is 0 Å². The standard InChI is InChI=1S/C26H40O4/c1-2-3-4-5-6-7-8-9-13-20-29-25(27)23-16-18-24(19-17-23)26(28)30-21-22-14-11-10-12-15-22/h16-19,22H,2-15,20-21H2,1H3. The van der Waals surface area contributed by atoms with E-state index in [9.17, 15) is 9.59 Å². The molecule has 30 heavy (non-hydrogen) atoms. The van der Waals surface area contributed by atoms with Crippen molar-refractivity contribution < 1.29 is 19.1 Å². The molecule has 0 N–H and O–H groups in total. The van der Waals surface area contributed by atoms with E-state index in [1.165, 1.54) is 64.2 Å². The van der Waals surface area contributed by atoms with Crippen LogP contribution in [0.5, 0.6) is 0 Å². The molecule has 4 nitrogen and oxygen atoms in total. The van der Waals surface area contributed by atoms with E-state index in [1.807, 2.05) is 0 Å². The van der Waals surface area contributed by atoms with E-state index >= 15 is 0 Å². The van der Waals surface area contributed by atoms with Gasteiger partial charge in [0, 0.05) is 0 Å². The summed E-state index contributed by atoms with van der Waals surface area (Å²) >= 11 is 0. The minimum Gasteiger partial charge on any atom is -0.462 e. The molecule has 2 rings (SSSR count). The van der Waals surface area contributed by atoms with E-state index in [0.717, 1.165) is 25.7 Å². The van der Waals surface area contributed by atoms with Crippen LogP contribution < -0.4 is 0 Å². The summed E-state index contributed by atoms with van der Waals surface area (Å²) in [5.74, 6) is -0.134. The number of ether oxygens (including phenoxy) is 2. The molecule has 168 valence electrons. The maximum Gasteiger partial charge on any atom is 0.338 e. The molecule has 0 amide bonds. The molecule has 0 bridgehead atoms. The Kier molecular flexibility index (Phi) is 12.2. The van der Waals surface area contributed by atoms with Crippen LogP contribution in [-0.4, -0.2) is 25.2 Å². The first-order valence-corrected chi connectivity index (χ1v) is 12.1. The van der Waals surface area contributed by atoms with Crippen molar-refractivity contribution in [1.82, 2.24) is 0 Å². The van der Waals surface area contributed by atoms with Crippen molar-refractivity contribution in [2.45, 2.75) is 96.8 Å². The predicted octanol–water partition coefficient (Wildman–Crippen LogP) is 7.11. The molecule has 1 aliphatic carbocycles. The van der Waals surface area contributed by atoms with Crippen LogP contribution in [0.2, 0.25) is 0 Å². The van der Waals surface area contributed by atoms with Gasteiger partial charge in [0.05, 0.1) is 24.3 Å². The first kappa shape index (κ1) is 24.4. The zero-order chi connectivity index (χ0) is 21.4. The largest absolute Gasteiger partial charge is 0.462 e. The highest BCUT2D eigenvalue weighted by molar-refractivity contribution is 5.93. The summed E-state index contributed by atoms with van der Waals surface area (Å²) in [5, 5.41) is 0. The number of hydrogen-bond donors (Lipinski definition) is 0. The Morgan fingerprint density at radius 3 is 1.80 bits per heavy atom. The summed E-state index contributed by atoms with van der Waals surface area (Å²) in [4.78, 5) is 24.4. The minimum absolute atomic E-state index is 0.310. The molecule has 0 aromatic heterocycles. The van der Waals surface area contributed by atoms with Crippen molar-refractivity contribution >= 4 is 11.9 Å². The molecular weight excluding hydrogens is 376 g/mol. The van der Waals surface area contributed by atoms with E-state index in [2.05, 4.69) is 6.92 Å². The number of hydrogen-bond acceptors (Lipinski definition) is 4. The smallest absolute Gasteiger partial charge is 0.338 e. The van der Waals surface area contributed by atoms with Crippen molar-refractivity contribution in [2.24, 2.45) is 5.92 Å². The van der Waals surface area contributed by atoms with E-state index < -0.39 is 0 Å². The number of benzene rings is 1. The molecule has 1 aromatic carbocycles. The normalized spacial score (nSPS) is 14.4. The van der Waals surface area contributed by atoms with Crippen LogP contribution in [0, 0.1) is 5.92 Å². The fraction of sp³-hybridized carbons (Fsp3) is 0.692. The second-order valence-electron chi connectivity index (χ2n) is 8.64. The lowest BCUT2D eigenvalue weighted by molar-refractivity contribution is 0.0408. The highest BCUT2D eigenvalue weighted by Gasteiger charge is 2.16. The highest BCUT2D eigenvalue weighted by Crippen LogP contribution is 2.24. The van der Waals surface area contributed by atoms with Crippen LogP contribution in [0.3, 0.4) is 0 Å². The molecular formula is C26H40O4. The molecule has 1 saturated carbocycles. The molecule has 0 saturated heterocycles. The first-order valence-electron chi connectivity index (χ1n) is 12.1. The van der Waals surface area contributed by atoms with E-state index in [-0.39, 0.29) is 11.9 Å². The van der Waals surface area contributed by atoms with Gasteiger partial charge >= 0.3 is 11.9 Å². The Hall–Kier alpha value is -1.84. The third kappa shape index (κ3) is 9.77. The molecule has 1 aromatic rings. The minimum atomic E-state index is -0.323. The molecule has 0 unspecified atom stereocenters. The second-order valence-corrected chi connectivity index (χ2v) is 8.64. The molecule has 0 radical (unpaired) electrons. The second kappa shape index (κ2) is 15.0. The Balaban J connectivity index is 1.57. The molecule has 0 heterocycles. The van der Waals surface area contributed by atoms with Crippen LogP contribution in [0.15, 0.2) is 24.3 Å². The quantitative estimate of drug-likeness (QED) is 0.239. The monoisotopic (exact) mass is 416 g/mol. The molecule has 0 aliphatic heterocycles. The predicted molar refractivity (Wildman–Crippen MR) is 121 cm³/mol. The zero-order valence-corrected chi connectivity index (χ0v) is 18.8. The van der Waals surface area contributed by atoms with Gasteiger partial charge in [-0.1, -0.05) is 77.6 Å². The van der Waals surface area contributed by atoms with Gasteiger partial charge in [0.25, 0.3) is 0 Å². The number of carbonyl (C=O) groups excluding carboxylic acids is 2. The van der Waals surface area contributed by atoms with Gasteiger partial charge in [-0.05, 0) is 49.4 Å². The number of esters is 2. The van der Waals surface area contributed by atoms with Gasteiger partial charge in [0.1, 0.15) is 0 Å². The zero-order valence-electron chi connectivity index (χ0n) is 18.8. The van der Waals surface area contributed by atoms with Gasteiger partial charge in [-0.3, -0.25) is 0 Å². The summed E-state index contributed by atoms with van der Waals surface area (Å²) in [6.07, 6.45) is 17.2. The van der Waals surface area contributed by atoms with Gasteiger partial charge < -0.3 is 9.47 Å². The number of rotatable bonds is 14. The van der Waals surface area contributed by atoms with Gasteiger partial charge in [-0.25, -0.2) is 9.59 Å². The Morgan fingerprint density at radius 1 is 0.733 bits per heavy atom. The summed E-state index contributed by atoms with van der Waals surface area (Å²) < 4.78 is 10.8. The number of unbranched alkanes of at least 4 members (excludes halogenated alkanes) is 8. The summed E-state index contributed by atoms with van der Waals surface area (Å²) in [6, 6.07) is 6.60. The van der Waals surface area contributed by atoms with Gasteiger partial charge in [-0.2, -0.15) is 0 Å². The fourth-order valence-corrected chi connectivity index (χ4v) is 4.03. The van der Waals surface area contributed by atoms with Gasteiger partial charge in [0.15, 0.2) is 0 Å². The lowest BCUT2D eigenvalue weighted by atomic mass is 9.90. The van der Waals surface area contributed by atoms with E-state index in [0.29, 0.717) is 30.3 Å². The van der Waals surface area contributed by atoms with Gasteiger partial charge in [-0.15, -0.1) is 0 Å². The Labute approximate surface area is 182 Å². The average molecular weight is 417 g/mol. The highest BCUT2D eigenvalue weighted by atomic mass is 16.5. The van der Waals surface area contributed by atoms with Crippen LogP contribution in [0.1, 0.15) is 118 Å². The molecule has 0 spiro atoms. The summed E-state index contributed by atoms with van der Waals surface area (Å²) in [6.45, 7) is 3.20. The third-order valence-corrected chi connectivity index (χ3v) is 6.01. The first-order chi connectivity index (χ1) is 14.7. The molecule has 4 heteroatoms. The fourth-order valence-electron chi connectivity index (χ4n) is 4.03. The topological polar surface area (TPSA) is 52.6 Å². The van der Waals surface area contributed by atoms with Crippen molar-refractivity contribution in [3.8, 4) is 0 Å². The summed E-state index contributed by atoms with van der Waals surface area (Å²) in [7, 11) is 0. The lowest BCUT2D eigenvalue weighted by Gasteiger charge is -2.21. The lowest BCUT2D eigenvalue weighted by Crippen LogP contribution is -2.17. The Morgan fingerprint density at radius 2 is 1.23 bits per heavy atom. The maximum atomic E-state index is 12.2. The van der Waals surface area contributed by atoms with Crippen LogP contribution in [0.4, 0.5) is 0 Å². The number of carbonyl (C=O) groups is 2. The Bertz CT molecular complexity index is 602. The third-order valence-electron chi connectivity index (χ3n) is 6.01. The maximum absolute atomic E-state index is 12.2. The van der Waals surface area contributed by atoms with Crippen molar-refractivity contribution in [3.05, 3.63) is 35.4 Å². The average Bonchev–Trinajstić information content (AvgIpc) is 2.79. The molecule has 1 fully saturated rings. The van der Waals surface area contributed by atoms with Gasteiger partial charge in [0.2, 0.25) is 0 Å². The van der Waals surface area contributed by atoms with Crippen LogP contribution in [-0.2, 0) is 9.47 Å². The summed E-state index contributed by atoms with van der Waals surface area (Å²) in [5.41, 5.74) is 0.969. The van der Waals surface area contributed by atoms with E-state index in [4.69, 9.17) is 9.47 Å². The van der Waals surface area contributed by atoms with E-state index in [1.54, 1.807) is 24.3 Å². The molecule has 0 atom stereocenters. The molecule has 1 aliphatic rings.